The molecule has 0 saturated carbocycles. The van der Waals surface area contributed by atoms with Gasteiger partial charge in [-0.15, -0.1) is 0 Å². The first-order chi connectivity index (χ1) is 15.6. The Morgan fingerprint density at radius 3 is 2.06 bits per heavy atom. The summed E-state index contributed by atoms with van der Waals surface area (Å²) in [6.07, 6.45) is 1.05. The molecule has 1 aromatic carbocycles. The van der Waals surface area contributed by atoms with E-state index in [1.165, 1.54) is 6.92 Å². The molecule has 0 heterocycles. The Labute approximate surface area is 195 Å². The van der Waals surface area contributed by atoms with Gasteiger partial charge in [-0.3, -0.25) is 23.7 Å². The van der Waals surface area contributed by atoms with Crippen LogP contribution in [0.25, 0.3) is 0 Å². The molecular formula is C20H29F2N4O7P. The molecule has 1 aromatic rings. The highest BCUT2D eigenvalue weighted by Crippen LogP contribution is 2.59. The number of amides is 4. The minimum Gasteiger partial charge on any atom is -0.368 e. The summed E-state index contributed by atoms with van der Waals surface area (Å²) < 4.78 is 38.6. The standard InChI is InChI=1S/C20H29F2N4O7P/c1-12(27)24-10-4-3-5-16(18(23)29)26-19(30)17(25-13(2)28)11-14-6-8-15(9-7-14)20(21,22)34(31,32)33/h6-9,16-17H,3-5,10-11H2,1-2H3,(H2,23,29)(H,24,27)(H,25,28)(H,26,30)(H2,31,32,33)/t16-,17-/m0/s1. The average Bonchev–Trinajstić information content (AvgIpc) is 2.71. The highest BCUT2D eigenvalue weighted by Gasteiger charge is 2.50. The maximum absolute atomic E-state index is 13.8. The van der Waals surface area contributed by atoms with E-state index in [4.69, 9.17) is 15.5 Å². The van der Waals surface area contributed by atoms with Crippen molar-refractivity contribution in [2.75, 3.05) is 6.54 Å². The van der Waals surface area contributed by atoms with Gasteiger partial charge in [0.2, 0.25) is 23.6 Å². The summed E-state index contributed by atoms with van der Waals surface area (Å²) in [6.45, 7) is 2.92. The van der Waals surface area contributed by atoms with Crippen LogP contribution in [0.15, 0.2) is 24.3 Å². The van der Waals surface area contributed by atoms with Crippen LogP contribution in [0.5, 0.6) is 0 Å². The Balaban J connectivity index is 2.88. The molecule has 190 valence electrons. The molecule has 0 radical (unpaired) electrons. The van der Waals surface area contributed by atoms with Crippen LogP contribution in [0.4, 0.5) is 8.78 Å². The fourth-order valence-electron chi connectivity index (χ4n) is 3.00. The fraction of sp³-hybridized carbons (Fsp3) is 0.500. The topological polar surface area (TPSA) is 188 Å². The lowest BCUT2D eigenvalue weighted by Gasteiger charge is -2.22. The lowest BCUT2D eigenvalue weighted by molar-refractivity contribution is -0.131. The first-order valence-electron chi connectivity index (χ1n) is 10.3. The van der Waals surface area contributed by atoms with Crippen LogP contribution >= 0.6 is 7.60 Å². The van der Waals surface area contributed by atoms with Crippen LogP contribution < -0.4 is 21.7 Å². The van der Waals surface area contributed by atoms with Crippen LogP contribution in [0.2, 0.25) is 0 Å². The highest BCUT2D eigenvalue weighted by atomic mass is 31.2. The van der Waals surface area contributed by atoms with E-state index in [-0.39, 0.29) is 18.7 Å². The molecule has 14 heteroatoms. The Kier molecular flexibility index (Phi) is 10.7. The molecule has 0 aliphatic heterocycles. The second kappa shape index (κ2) is 12.5. The van der Waals surface area contributed by atoms with Crippen LogP contribution in [0, 0.1) is 0 Å². The highest BCUT2D eigenvalue weighted by molar-refractivity contribution is 7.52. The second-order valence-electron chi connectivity index (χ2n) is 7.68. The van der Waals surface area contributed by atoms with Gasteiger partial charge in [-0.05, 0) is 24.8 Å². The van der Waals surface area contributed by atoms with Crippen molar-refractivity contribution >= 4 is 31.2 Å². The maximum atomic E-state index is 13.8. The number of unbranched alkanes of at least 4 members (excludes halogenated alkanes) is 1. The average molecular weight is 506 g/mol. The first-order valence-corrected chi connectivity index (χ1v) is 11.9. The summed E-state index contributed by atoms with van der Waals surface area (Å²) in [4.78, 5) is 64.6. The quantitative estimate of drug-likeness (QED) is 0.163. The smallest absolute Gasteiger partial charge is 0.368 e. The van der Waals surface area contributed by atoms with Crippen molar-refractivity contribution in [2.24, 2.45) is 5.73 Å². The maximum Gasteiger partial charge on any atom is 0.399 e. The Morgan fingerprint density at radius 2 is 1.59 bits per heavy atom. The van der Waals surface area contributed by atoms with Crippen molar-refractivity contribution < 1.29 is 42.3 Å². The van der Waals surface area contributed by atoms with E-state index in [9.17, 15) is 32.5 Å². The molecule has 4 amide bonds. The third-order valence-corrected chi connectivity index (χ3v) is 5.74. The number of hydrogen-bond acceptors (Lipinski definition) is 5. The summed E-state index contributed by atoms with van der Waals surface area (Å²) in [5.74, 6) is -2.28. The molecule has 7 N–H and O–H groups in total. The third kappa shape index (κ3) is 9.16. The van der Waals surface area contributed by atoms with E-state index in [1.54, 1.807) is 0 Å². The number of benzene rings is 1. The minimum atomic E-state index is -5.73. The van der Waals surface area contributed by atoms with Gasteiger partial charge in [-0.2, -0.15) is 8.78 Å². The molecule has 0 unspecified atom stereocenters. The van der Waals surface area contributed by atoms with E-state index >= 15 is 0 Å². The molecule has 0 saturated heterocycles. The zero-order valence-corrected chi connectivity index (χ0v) is 19.6. The number of halogens is 2. The second-order valence-corrected chi connectivity index (χ2v) is 9.33. The zero-order valence-electron chi connectivity index (χ0n) is 18.7. The lowest BCUT2D eigenvalue weighted by Crippen LogP contribution is -2.53. The number of rotatable bonds is 13. The van der Waals surface area contributed by atoms with Crippen molar-refractivity contribution in [3.8, 4) is 0 Å². The number of nitrogens with one attached hydrogen (secondary N) is 3. The summed E-state index contributed by atoms with van der Waals surface area (Å²) in [5, 5.41) is 7.46. The predicted molar refractivity (Wildman–Crippen MR) is 117 cm³/mol. The Morgan fingerprint density at radius 1 is 1.00 bits per heavy atom. The van der Waals surface area contributed by atoms with Gasteiger partial charge in [0.25, 0.3) is 0 Å². The molecule has 0 bridgehead atoms. The third-order valence-electron chi connectivity index (χ3n) is 4.75. The van der Waals surface area contributed by atoms with Crippen LogP contribution in [0.3, 0.4) is 0 Å². The zero-order chi connectivity index (χ0) is 26.1. The Hall–Kier alpha value is -2.89. The van der Waals surface area contributed by atoms with E-state index in [1.807, 2.05) is 0 Å². The molecule has 0 spiro atoms. The predicted octanol–water partition coefficient (Wildman–Crippen LogP) is 0.237. The van der Waals surface area contributed by atoms with Gasteiger partial charge in [0.05, 0.1) is 0 Å². The summed E-state index contributed by atoms with van der Waals surface area (Å²) >= 11 is 0. The molecular weight excluding hydrogens is 477 g/mol. The monoisotopic (exact) mass is 506 g/mol. The number of carbonyl (C=O) groups is 4. The summed E-state index contributed by atoms with van der Waals surface area (Å²) in [5.41, 5.74) is 0.374. The SMILES string of the molecule is CC(=O)NCCCC[C@H](NC(=O)[C@H](Cc1ccc(C(F)(F)P(=O)(O)O)cc1)NC(C)=O)C(N)=O. The molecule has 0 aliphatic rings. The summed E-state index contributed by atoms with van der Waals surface area (Å²) in [7, 11) is -5.73. The van der Waals surface area contributed by atoms with Crippen LogP contribution in [-0.2, 0) is 35.8 Å². The van der Waals surface area contributed by atoms with Gasteiger partial charge >= 0.3 is 13.3 Å². The van der Waals surface area contributed by atoms with Crippen molar-refractivity contribution in [2.45, 2.75) is 57.3 Å². The molecule has 1 rings (SSSR count). The Bertz CT molecular complexity index is 937. The molecule has 0 fully saturated rings. The normalized spacial score (nSPS) is 13.5. The minimum absolute atomic E-state index is 0.152. The van der Waals surface area contributed by atoms with E-state index in [0.29, 0.717) is 24.9 Å². The van der Waals surface area contributed by atoms with Crippen molar-refractivity contribution in [1.29, 1.82) is 0 Å². The first kappa shape index (κ1) is 29.1. The van der Waals surface area contributed by atoms with E-state index < -0.39 is 48.6 Å². The molecule has 0 aromatic heterocycles. The molecule has 0 aliphatic carbocycles. The van der Waals surface area contributed by atoms with Crippen LogP contribution in [-0.4, -0.2) is 52.0 Å². The van der Waals surface area contributed by atoms with Crippen molar-refractivity contribution in [3.05, 3.63) is 35.4 Å². The van der Waals surface area contributed by atoms with Gasteiger partial charge in [0, 0.05) is 32.4 Å². The number of hydrogen-bond donors (Lipinski definition) is 6. The van der Waals surface area contributed by atoms with E-state index in [2.05, 4.69) is 16.0 Å². The number of nitrogens with two attached hydrogens (primary N) is 1. The number of carbonyl (C=O) groups excluding carboxylic acids is 4. The molecule has 34 heavy (non-hydrogen) atoms. The van der Waals surface area contributed by atoms with Gasteiger partial charge in [-0.25, -0.2) is 0 Å². The summed E-state index contributed by atoms with van der Waals surface area (Å²) in [6, 6.07) is 1.72. The van der Waals surface area contributed by atoms with Crippen molar-refractivity contribution in [3.63, 3.8) is 0 Å². The number of primary amides is 1. The van der Waals surface area contributed by atoms with Crippen LogP contribution in [0.1, 0.15) is 44.2 Å². The van der Waals surface area contributed by atoms with Crippen molar-refractivity contribution in [1.82, 2.24) is 16.0 Å². The van der Waals surface area contributed by atoms with Gasteiger partial charge in [0.15, 0.2) is 0 Å². The van der Waals surface area contributed by atoms with Gasteiger partial charge in [-0.1, -0.05) is 24.3 Å². The van der Waals surface area contributed by atoms with Gasteiger partial charge < -0.3 is 31.5 Å². The fourth-order valence-corrected chi connectivity index (χ4v) is 3.48. The van der Waals surface area contributed by atoms with Gasteiger partial charge in [0.1, 0.15) is 12.1 Å². The lowest BCUT2D eigenvalue weighted by atomic mass is 10.0. The molecule has 2 atom stereocenters. The van der Waals surface area contributed by atoms with E-state index in [0.717, 1.165) is 31.2 Å². The molecule has 11 nitrogen and oxygen atoms in total. The largest absolute Gasteiger partial charge is 0.399 e. The number of alkyl halides is 2.